The molecule has 2 aromatic rings. The summed E-state index contributed by atoms with van der Waals surface area (Å²) in [7, 11) is 0. The van der Waals surface area contributed by atoms with Crippen LogP contribution in [0, 0.1) is 0 Å². The van der Waals surface area contributed by atoms with Crippen molar-refractivity contribution in [2.45, 2.75) is 12.9 Å². The molecular formula is C15H13F3N2O2. The lowest BCUT2D eigenvalue weighted by molar-refractivity contribution is -0.274. The maximum absolute atomic E-state index is 12.0. The number of amides is 1. The smallest absolute Gasteiger partial charge is 0.406 e. The maximum Gasteiger partial charge on any atom is 0.573 e. The summed E-state index contributed by atoms with van der Waals surface area (Å²) < 4.78 is 39.9. The van der Waals surface area contributed by atoms with Crippen molar-refractivity contribution >= 4 is 11.6 Å². The predicted octanol–water partition coefficient (Wildman–Crippen LogP) is 3.30. The lowest BCUT2D eigenvalue weighted by atomic mass is 10.2. The van der Waals surface area contributed by atoms with Crippen LogP contribution >= 0.6 is 0 Å². The molecule has 0 aromatic heterocycles. The van der Waals surface area contributed by atoms with E-state index in [0.29, 0.717) is 12.2 Å². The van der Waals surface area contributed by atoms with E-state index in [0.717, 1.165) is 17.7 Å². The first kappa shape index (κ1) is 15.8. The van der Waals surface area contributed by atoms with Gasteiger partial charge in [-0.15, -0.1) is 13.2 Å². The molecule has 0 radical (unpaired) electrons. The fourth-order valence-electron chi connectivity index (χ4n) is 1.74. The summed E-state index contributed by atoms with van der Waals surface area (Å²) in [4.78, 5) is 12.0. The number of ether oxygens (including phenoxy) is 1. The van der Waals surface area contributed by atoms with Crippen molar-refractivity contribution in [3.8, 4) is 5.75 Å². The molecule has 0 saturated heterocycles. The number of hydrogen-bond acceptors (Lipinski definition) is 3. The van der Waals surface area contributed by atoms with Gasteiger partial charge in [0, 0.05) is 17.8 Å². The molecule has 4 nitrogen and oxygen atoms in total. The van der Waals surface area contributed by atoms with Crippen molar-refractivity contribution < 1.29 is 22.7 Å². The molecule has 1 amide bonds. The summed E-state index contributed by atoms with van der Waals surface area (Å²) in [5.41, 5.74) is 7.18. The Labute approximate surface area is 124 Å². The standard InChI is InChI=1S/C15H13F3N2O2/c16-15(17,18)22-13-7-3-11(4-8-13)14(21)20-12-5-1-10(9-19)2-6-12/h1-8H,9,19H2,(H,20,21). The molecular weight excluding hydrogens is 297 g/mol. The average Bonchev–Trinajstić information content (AvgIpc) is 2.47. The van der Waals surface area contributed by atoms with Crippen LogP contribution in [0.15, 0.2) is 48.5 Å². The van der Waals surface area contributed by atoms with Gasteiger partial charge >= 0.3 is 6.36 Å². The van der Waals surface area contributed by atoms with E-state index in [1.54, 1.807) is 24.3 Å². The minimum atomic E-state index is -4.76. The van der Waals surface area contributed by atoms with Crippen molar-refractivity contribution in [1.82, 2.24) is 0 Å². The first-order valence-electron chi connectivity index (χ1n) is 6.33. The lowest BCUT2D eigenvalue weighted by Crippen LogP contribution is -2.17. The SMILES string of the molecule is NCc1ccc(NC(=O)c2ccc(OC(F)(F)F)cc2)cc1. The summed E-state index contributed by atoms with van der Waals surface area (Å²) >= 11 is 0. The number of carbonyl (C=O) groups is 1. The van der Waals surface area contributed by atoms with Gasteiger partial charge in [-0.2, -0.15) is 0 Å². The Hall–Kier alpha value is -2.54. The highest BCUT2D eigenvalue weighted by molar-refractivity contribution is 6.04. The van der Waals surface area contributed by atoms with E-state index < -0.39 is 12.3 Å². The van der Waals surface area contributed by atoms with E-state index in [1.165, 1.54) is 12.1 Å². The zero-order valence-electron chi connectivity index (χ0n) is 11.4. The number of alkyl halides is 3. The van der Waals surface area contributed by atoms with Gasteiger partial charge in [0.25, 0.3) is 5.91 Å². The van der Waals surface area contributed by atoms with Crippen molar-refractivity contribution in [3.63, 3.8) is 0 Å². The number of anilines is 1. The molecule has 2 aromatic carbocycles. The van der Waals surface area contributed by atoms with E-state index >= 15 is 0 Å². The monoisotopic (exact) mass is 310 g/mol. The Balaban J connectivity index is 2.03. The van der Waals surface area contributed by atoms with Gasteiger partial charge in [0.2, 0.25) is 0 Å². The fourth-order valence-corrected chi connectivity index (χ4v) is 1.74. The van der Waals surface area contributed by atoms with Gasteiger partial charge in [-0.1, -0.05) is 12.1 Å². The zero-order valence-corrected chi connectivity index (χ0v) is 11.4. The summed E-state index contributed by atoms with van der Waals surface area (Å²) in [6.07, 6.45) is -4.76. The summed E-state index contributed by atoms with van der Waals surface area (Å²) in [6, 6.07) is 11.6. The van der Waals surface area contributed by atoms with Crippen LogP contribution in [0.25, 0.3) is 0 Å². The van der Waals surface area contributed by atoms with Gasteiger partial charge < -0.3 is 15.8 Å². The van der Waals surface area contributed by atoms with Crippen LogP contribution in [-0.4, -0.2) is 12.3 Å². The Morgan fingerprint density at radius 3 is 2.14 bits per heavy atom. The van der Waals surface area contributed by atoms with Gasteiger partial charge in [0.1, 0.15) is 5.75 Å². The maximum atomic E-state index is 12.0. The van der Waals surface area contributed by atoms with Gasteiger partial charge in [-0.05, 0) is 42.0 Å². The predicted molar refractivity (Wildman–Crippen MR) is 75.4 cm³/mol. The second-order valence-corrected chi connectivity index (χ2v) is 4.43. The van der Waals surface area contributed by atoms with E-state index in [4.69, 9.17) is 5.73 Å². The summed E-state index contributed by atoms with van der Waals surface area (Å²) in [5.74, 6) is -0.810. The molecule has 0 fully saturated rings. The Kier molecular flexibility index (Phi) is 4.67. The van der Waals surface area contributed by atoms with Gasteiger partial charge in [0.05, 0.1) is 0 Å². The summed E-state index contributed by atoms with van der Waals surface area (Å²) in [6.45, 7) is 0.398. The topological polar surface area (TPSA) is 64.3 Å². The highest BCUT2D eigenvalue weighted by atomic mass is 19.4. The highest BCUT2D eigenvalue weighted by Gasteiger charge is 2.31. The minimum absolute atomic E-state index is 0.220. The molecule has 0 bridgehead atoms. The molecule has 0 aliphatic heterocycles. The average molecular weight is 310 g/mol. The van der Waals surface area contributed by atoms with Crippen molar-refractivity contribution in [2.75, 3.05) is 5.32 Å². The third kappa shape index (κ3) is 4.49. The molecule has 0 saturated carbocycles. The summed E-state index contributed by atoms with van der Waals surface area (Å²) in [5, 5.41) is 2.63. The van der Waals surface area contributed by atoms with Crippen LogP contribution in [0.5, 0.6) is 5.75 Å². The van der Waals surface area contributed by atoms with E-state index in [2.05, 4.69) is 10.1 Å². The molecule has 0 aliphatic rings. The number of nitrogens with two attached hydrogens (primary N) is 1. The van der Waals surface area contributed by atoms with Crippen molar-refractivity contribution in [2.24, 2.45) is 5.73 Å². The number of hydrogen-bond donors (Lipinski definition) is 2. The van der Waals surface area contributed by atoms with Crippen LogP contribution in [0.3, 0.4) is 0 Å². The van der Waals surface area contributed by atoms with E-state index in [9.17, 15) is 18.0 Å². The Morgan fingerprint density at radius 2 is 1.64 bits per heavy atom. The second kappa shape index (κ2) is 6.48. The van der Waals surface area contributed by atoms with E-state index in [-0.39, 0.29) is 11.3 Å². The molecule has 7 heteroatoms. The van der Waals surface area contributed by atoms with Crippen molar-refractivity contribution in [1.29, 1.82) is 0 Å². The molecule has 0 aliphatic carbocycles. The molecule has 0 heterocycles. The Morgan fingerprint density at radius 1 is 1.05 bits per heavy atom. The van der Waals surface area contributed by atoms with Crippen molar-refractivity contribution in [3.05, 3.63) is 59.7 Å². The minimum Gasteiger partial charge on any atom is -0.406 e. The molecule has 116 valence electrons. The van der Waals surface area contributed by atoms with Crippen LogP contribution in [0.2, 0.25) is 0 Å². The molecule has 3 N–H and O–H groups in total. The normalized spacial score (nSPS) is 11.1. The third-order valence-corrected chi connectivity index (χ3v) is 2.80. The third-order valence-electron chi connectivity index (χ3n) is 2.80. The number of nitrogens with one attached hydrogen (secondary N) is 1. The Bertz CT molecular complexity index is 637. The number of halogens is 3. The largest absolute Gasteiger partial charge is 0.573 e. The molecule has 0 spiro atoms. The first-order valence-corrected chi connectivity index (χ1v) is 6.33. The van der Waals surface area contributed by atoms with Gasteiger partial charge in [0.15, 0.2) is 0 Å². The van der Waals surface area contributed by atoms with Gasteiger partial charge in [-0.25, -0.2) is 0 Å². The molecule has 0 unspecified atom stereocenters. The van der Waals surface area contributed by atoms with Crippen LogP contribution in [-0.2, 0) is 6.54 Å². The van der Waals surface area contributed by atoms with Crippen LogP contribution in [0.4, 0.5) is 18.9 Å². The molecule has 0 atom stereocenters. The van der Waals surface area contributed by atoms with E-state index in [1.807, 2.05) is 0 Å². The number of rotatable bonds is 4. The number of benzene rings is 2. The molecule has 22 heavy (non-hydrogen) atoms. The van der Waals surface area contributed by atoms with Crippen LogP contribution < -0.4 is 15.8 Å². The highest BCUT2D eigenvalue weighted by Crippen LogP contribution is 2.23. The fraction of sp³-hybridized carbons (Fsp3) is 0.133. The zero-order chi connectivity index (χ0) is 16.2. The lowest BCUT2D eigenvalue weighted by Gasteiger charge is -2.09. The van der Waals surface area contributed by atoms with Gasteiger partial charge in [-0.3, -0.25) is 4.79 Å². The quantitative estimate of drug-likeness (QED) is 0.910. The first-order chi connectivity index (χ1) is 10.4. The molecule has 2 rings (SSSR count). The second-order valence-electron chi connectivity index (χ2n) is 4.43. The van der Waals surface area contributed by atoms with Crippen LogP contribution in [0.1, 0.15) is 15.9 Å². The number of carbonyl (C=O) groups excluding carboxylic acids is 1.